The molecule has 0 saturated carbocycles. The number of hydrogen-bond donors (Lipinski definition) is 2. The number of carbonyl (C=O) groups excluding carboxylic acids is 2. The Labute approximate surface area is 136 Å². The van der Waals surface area contributed by atoms with Crippen molar-refractivity contribution >= 4 is 17.5 Å². The summed E-state index contributed by atoms with van der Waals surface area (Å²) in [5, 5.41) is 5.91. The van der Waals surface area contributed by atoms with Crippen LogP contribution in [0.25, 0.3) is 0 Å². The van der Waals surface area contributed by atoms with Gasteiger partial charge in [-0.25, -0.2) is 0 Å². The Morgan fingerprint density at radius 2 is 1.74 bits per heavy atom. The number of anilines is 1. The lowest BCUT2D eigenvalue weighted by molar-refractivity contribution is -0.126. The molecule has 2 aromatic carbocycles. The molecule has 2 rings (SSSR count). The topological polar surface area (TPSA) is 61.4 Å². The maximum absolute atomic E-state index is 12.2. The van der Waals surface area contributed by atoms with E-state index in [-0.39, 0.29) is 18.4 Å². The molecular weight excluding hydrogens is 290 g/mol. The molecule has 0 saturated heterocycles. The van der Waals surface area contributed by atoms with Gasteiger partial charge < -0.3 is 15.5 Å². The zero-order valence-electron chi connectivity index (χ0n) is 13.4. The smallest absolute Gasteiger partial charge is 0.251 e. The Kier molecular flexibility index (Phi) is 5.74. The molecule has 2 amide bonds. The zero-order valence-corrected chi connectivity index (χ0v) is 13.4. The van der Waals surface area contributed by atoms with Gasteiger partial charge in [0.05, 0.1) is 6.54 Å². The number of rotatable bonds is 6. The van der Waals surface area contributed by atoms with Gasteiger partial charge in [0.15, 0.2) is 0 Å². The van der Waals surface area contributed by atoms with E-state index in [1.165, 1.54) is 4.90 Å². The maximum Gasteiger partial charge on any atom is 0.251 e. The van der Waals surface area contributed by atoms with Crippen molar-refractivity contribution < 1.29 is 9.59 Å². The molecule has 23 heavy (non-hydrogen) atoms. The van der Waals surface area contributed by atoms with Crippen LogP contribution >= 0.6 is 0 Å². The van der Waals surface area contributed by atoms with E-state index in [1.54, 1.807) is 32.3 Å². The molecule has 0 aliphatic heterocycles. The van der Waals surface area contributed by atoms with Gasteiger partial charge in [0.2, 0.25) is 5.91 Å². The maximum atomic E-state index is 12.2. The van der Waals surface area contributed by atoms with E-state index >= 15 is 0 Å². The van der Waals surface area contributed by atoms with Crippen LogP contribution in [0.15, 0.2) is 54.6 Å². The Balaban J connectivity index is 1.93. The van der Waals surface area contributed by atoms with E-state index < -0.39 is 0 Å². The van der Waals surface area contributed by atoms with E-state index in [4.69, 9.17) is 0 Å². The highest BCUT2D eigenvalue weighted by Gasteiger charge is 2.07. The van der Waals surface area contributed by atoms with Crippen LogP contribution in [0.1, 0.15) is 15.9 Å². The zero-order chi connectivity index (χ0) is 16.7. The molecule has 5 nitrogen and oxygen atoms in total. The third-order valence-electron chi connectivity index (χ3n) is 3.36. The van der Waals surface area contributed by atoms with Crippen molar-refractivity contribution in [3.8, 4) is 0 Å². The van der Waals surface area contributed by atoms with Gasteiger partial charge in [0, 0.05) is 31.9 Å². The fourth-order valence-electron chi connectivity index (χ4n) is 1.99. The van der Waals surface area contributed by atoms with Crippen LogP contribution in [0.5, 0.6) is 0 Å². The Morgan fingerprint density at radius 3 is 2.43 bits per heavy atom. The summed E-state index contributed by atoms with van der Waals surface area (Å²) >= 11 is 0. The van der Waals surface area contributed by atoms with Crippen molar-refractivity contribution in [1.82, 2.24) is 10.2 Å². The minimum atomic E-state index is -0.142. The van der Waals surface area contributed by atoms with E-state index in [9.17, 15) is 9.59 Å². The quantitative estimate of drug-likeness (QED) is 0.859. The highest BCUT2D eigenvalue weighted by atomic mass is 16.2. The van der Waals surface area contributed by atoms with Crippen molar-refractivity contribution in [2.75, 3.05) is 26.0 Å². The van der Waals surface area contributed by atoms with Gasteiger partial charge in [-0.05, 0) is 23.8 Å². The fourth-order valence-corrected chi connectivity index (χ4v) is 1.99. The molecule has 0 fully saturated rings. The number of nitrogens with one attached hydrogen (secondary N) is 2. The minimum absolute atomic E-state index is 0.0241. The summed E-state index contributed by atoms with van der Waals surface area (Å²) in [6.07, 6.45) is 0. The second-order valence-electron chi connectivity index (χ2n) is 5.39. The summed E-state index contributed by atoms with van der Waals surface area (Å²) in [4.78, 5) is 25.3. The monoisotopic (exact) mass is 311 g/mol. The average molecular weight is 311 g/mol. The molecule has 0 aromatic heterocycles. The van der Waals surface area contributed by atoms with Crippen LogP contribution in [0.3, 0.4) is 0 Å². The summed E-state index contributed by atoms with van der Waals surface area (Å²) in [5.74, 6) is -0.166. The van der Waals surface area contributed by atoms with Crippen molar-refractivity contribution in [2.24, 2.45) is 0 Å². The lowest BCUT2D eigenvalue weighted by atomic mass is 10.1. The molecule has 5 heteroatoms. The largest absolute Gasteiger partial charge is 0.376 e. The van der Waals surface area contributed by atoms with Crippen LogP contribution < -0.4 is 10.6 Å². The number of hydrogen-bond acceptors (Lipinski definition) is 3. The first-order valence-corrected chi connectivity index (χ1v) is 7.42. The molecule has 0 unspecified atom stereocenters. The van der Waals surface area contributed by atoms with Gasteiger partial charge in [0.25, 0.3) is 5.91 Å². The molecule has 0 aliphatic carbocycles. The third-order valence-corrected chi connectivity index (χ3v) is 3.36. The van der Waals surface area contributed by atoms with Gasteiger partial charge in [-0.15, -0.1) is 0 Å². The Bertz CT molecular complexity index is 669. The summed E-state index contributed by atoms with van der Waals surface area (Å²) in [5.41, 5.74) is 2.35. The fraction of sp³-hybridized carbons (Fsp3) is 0.222. The van der Waals surface area contributed by atoms with E-state index in [2.05, 4.69) is 10.6 Å². The van der Waals surface area contributed by atoms with Crippen LogP contribution in [0.2, 0.25) is 0 Å². The van der Waals surface area contributed by atoms with Crippen molar-refractivity contribution in [3.63, 3.8) is 0 Å². The van der Waals surface area contributed by atoms with Crippen LogP contribution in [0.4, 0.5) is 5.69 Å². The summed E-state index contributed by atoms with van der Waals surface area (Å²) in [6.45, 7) is 0.679. The molecule has 0 aliphatic rings. The lowest BCUT2D eigenvalue weighted by Gasteiger charge is -2.12. The van der Waals surface area contributed by atoms with E-state index in [0.29, 0.717) is 12.1 Å². The van der Waals surface area contributed by atoms with Gasteiger partial charge in [-0.1, -0.05) is 36.4 Å². The molecule has 0 radical (unpaired) electrons. The molecule has 120 valence electrons. The predicted octanol–water partition coefficient (Wildman–Crippen LogP) is 2.12. The molecular formula is C18H21N3O2. The van der Waals surface area contributed by atoms with Gasteiger partial charge in [-0.2, -0.15) is 0 Å². The van der Waals surface area contributed by atoms with Gasteiger partial charge >= 0.3 is 0 Å². The van der Waals surface area contributed by atoms with Crippen molar-refractivity contribution in [2.45, 2.75) is 6.54 Å². The predicted molar refractivity (Wildman–Crippen MR) is 91.2 cm³/mol. The molecule has 2 N–H and O–H groups in total. The molecule has 0 atom stereocenters. The number of amides is 2. The standard InChI is InChI=1S/C18H21N3O2/c1-21(2)17(22)13-19-16-10-6-9-15(11-16)18(23)20-12-14-7-4-3-5-8-14/h3-11,19H,12-13H2,1-2H3,(H,20,23). The summed E-state index contributed by atoms with van der Waals surface area (Å²) in [6, 6.07) is 16.9. The highest BCUT2D eigenvalue weighted by Crippen LogP contribution is 2.11. The first-order chi connectivity index (χ1) is 11.1. The van der Waals surface area contributed by atoms with E-state index in [0.717, 1.165) is 11.3 Å². The Morgan fingerprint density at radius 1 is 1.00 bits per heavy atom. The third kappa shape index (κ3) is 5.14. The van der Waals surface area contributed by atoms with Crippen LogP contribution in [-0.2, 0) is 11.3 Å². The SMILES string of the molecule is CN(C)C(=O)CNc1cccc(C(=O)NCc2ccccc2)c1. The first-order valence-electron chi connectivity index (χ1n) is 7.42. The number of nitrogens with zero attached hydrogens (tertiary/aromatic N) is 1. The molecule has 2 aromatic rings. The van der Waals surface area contributed by atoms with Crippen LogP contribution in [-0.4, -0.2) is 37.4 Å². The summed E-state index contributed by atoms with van der Waals surface area (Å²) < 4.78 is 0. The second kappa shape index (κ2) is 7.98. The van der Waals surface area contributed by atoms with Gasteiger partial charge in [0.1, 0.15) is 0 Å². The normalized spacial score (nSPS) is 10.0. The van der Waals surface area contributed by atoms with Crippen LogP contribution in [0, 0.1) is 0 Å². The Hall–Kier alpha value is -2.82. The minimum Gasteiger partial charge on any atom is -0.376 e. The molecule has 0 bridgehead atoms. The second-order valence-corrected chi connectivity index (χ2v) is 5.39. The van der Waals surface area contributed by atoms with Crippen molar-refractivity contribution in [3.05, 3.63) is 65.7 Å². The highest BCUT2D eigenvalue weighted by molar-refractivity contribution is 5.95. The lowest BCUT2D eigenvalue weighted by Crippen LogP contribution is -2.28. The summed E-state index contributed by atoms with van der Waals surface area (Å²) in [7, 11) is 3.41. The number of benzene rings is 2. The number of carbonyl (C=O) groups is 2. The van der Waals surface area contributed by atoms with E-state index in [1.807, 2.05) is 36.4 Å². The molecule has 0 heterocycles. The number of likely N-dealkylation sites (N-methyl/N-ethyl adjacent to an activating group) is 1. The molecule has 0 spiro atoms. The van der Waals surface area contributed by atoms with Gasteiger partial charge in [-0.3, -0.25) is 9.59 Å². The average Bonchev–Trinajstić information content (AvgIpc) is 2.58. The van der Waals surface area contributed by atoms with Crippen molar-refractivity contribution in [1.29, 1.82) is 0 Å². The first kappa shape index (κ1) is 16.5.